The van der Waals surface area contributed by atoms with Crippen molar-refractivity contribution in [2.75, 3.05) is 0 Å². The molecular formula is C12H12BN3O. The van der Waals surface area contributed by atoms with Crippen molar-refractivity contribution in [2.24, 2.45) is 11.0 Å². The van der Waals surface area contributed by atoms with Crippen molar-refractivity contribution < 1.29 is 0 Å². The summed E-state index contributed by atoms with van der Waals surface area (Å²) in [4.78, 5) is 15.0. The van der Waals surface area contributed by atoms with E-state index in [-0.39, 0.29) is 24.0 Å². The third kappa shape index (κ3) is 1.40. The Bertz CT molecular complexity index is 480. The van der Waals surface area contributed by atoms with E-state index in [0.29, 0.717) is 6.32 Å². The molecule has 0 N–H and O–H groups in total. The maximum atomic E-state index is 10.9. The van der Waals surface area contributed by atoms with Gasteiger partial charge < -0.3 is 0 Å². The average Bonchev–Trinajstić information content (AvgIpc) is 3.08. The number of nitriles is 1. The van der Waals surface area contributed by atoms with Gasteiger partial charge in [0, 0.05) is 12.4 Å². The first kappa shape index (κ1) is 10.5. The smallest absolute Gasteiger partial charge is 0.264 e. The van der Waals surface area contributed by atoms with Crippen molar-refractivity contribution in [3.63, 3.8) is 0 Å². The summed E-state index contributed by atoms with van der Waals surface area (Å²) >= 11 is 0. The number of rotatable bonds is 2. The number of nitroso groups, excluding NO2 is 1. The lowest BCUT2D eigenvalue weighted by Crippen LogP contribution is -2.16. The summed E-state index contributed by atoms with van der Waals surface area (Å²) < 4.78 is 0. The third-order valence-corrected chi connectivity index (χ3v) is 4.37. The highest BCUT2D eigenvalue weighted by Crippen LogP contribution is 2.71. The Hall–Kier alpha value is -1.70. The SMILES string of the molecule is N#CC1C(c2cccnc2)CB(N=O)C12CC2. The van der Waals surface area contributed by atoms with Gasteiger partial charge in [-0.1, -0.05) is 18.9 Å². The van der Waals surface area contributed by atoms with Crippen LogP contribution < -0.4 is 0 Å². The minimum absolute atomic E-state index is 0.0746. The Morgan fingerprint density at radius 2 is 2.41 bits per heavy atom. The van der Waals surface area contributed by atoms with Gasteiger partial charge in [-0.15, -0.1) is 5.09 Å². The fourth-order valence-electron chi connectivity index (χ4n) is 3.30. The van der Waals surface area contributed by atoms with E-state index in [2.05, 4.69) is 16.1 Å². The van der Waals surface area contributed by atoms with E-state index < -0.39 is 0 Å². The van der Waals surface area contributed by atoms with Crippen molar-refractivity contribution in [3.05, 3.63) is 35.0 Å². The van der Waals surface area contributed by atoms with Crippen LogP contribution in [-0.4, -0.2) is 11.8 Å². The van der Waals surface area contributed by atoms with Crippen molar-refractivity contribution in [1.29, 1.82) is 5.26 Å². The normalized spacial score (nSPS) is 29.0. The predicted molar refractivity (Wildman–Crippen MR) is 64.4 cm³/mol. The molecule has 0 radical (unpaired) electrons. The third-order valence-electron chi connectivity index (χ3n) is 4.37. The fraction of sp³-hybridized carbons (Fsp3) is 0.500. The predicted octanol–water partition coefficient (Wildman–Crippen LogP) is 2.61. The van der Waals surface area contributed by atoms with Crippen molar-refractivity contribution in [2.45, 2.75) is 30.4 Å². The summed E-state index contributed by atoms with van der Waals surface area (Å²) in [6, 6.07) is 6.27. The highest BCUT2D eigenvalue weighted by molar-refractivity contribution is 6.63. The maximum absolute atomic E-state index is 10.9. The molecule has 1 saturated carbocycles. The zero-order valence-corrected chi connectivity index (χ0v) is 9.41. The van der Waals surface area contributed by atoms with Gasteiger partial charge in [0.1, 0.15) is 0 Å². The molecule has 0 bridgehead atoms. The molecule has 1 aromatic rings. The standard InChI is InChI=1S/C12H12BN3O/c14-7-11-10(9-2-1-5-15-8-9)6-13(16-17)12(11)3-4-12/h1-2,5,8,10-11H,3-4,6H2. The molecule has 2 aliphatic rings. The molecule has 4 nitrogen and oxygen atoms in total. The van der Waals surface area contributed by atoms with E-state index in [1.54, 1.807) is 12.4 Å². The summed E-state index contributed by atoms with van der Waals surface area (Å²) in [6.07, 6.45) is 6.17. The molecule has 0 amide bonds. The second kappa shape index (κ2) is 3.66. The second-order valence-corrected chi connectivity index (χ2v) is 5.09. The fourth-order valence-corrected chi connectivity index (χ4v) is 3.30. The van der Waals surface area contributed by atoms with Gasteiger partial charge in [-0.3, -0.25) is 4.98 Å². The van der Waals surface area contributed by atoms with Crippen LogP contribution in [0, 0.1) is 22.2 Å². The van der Waals surface area contributed by atoms with Crippen LogP contribution in [0.4, 0.5) is 0 Å². The van der Waals surface area contributed by atoms with Crippen LogP contribution in [0.2, 0.25) is 11.6 Å². The first-order chi connectivity index (χ1) is 8.31. The van der Waals surface area contributed by atoms with Crippen LogP contribution in [0.15, 0.2) is 29.6 Å². The lowest BCUT2D eigenvalue weighted by atomic mass is 9.50. The van der Waals surface area contributed by atoms with Crippen LogP contribution >= 0.6 is 0 Å². The minimum atomic E-state index is -0.183. The lowest BCUT2D eigenvalue weighted by Gasteiger charge is -2.17. The van der Waals surface area contributed by atoms with Gasteiger partial charge in [0.15, 0.2) is 0 Å². The molecule has 84 valence electrons. The van der Waals surface area contributed by atoms with Gasteiger partial charge in [0.2, 0.25) is 0 Å². The van der Waals surface area contributed by atoms with Gasteiger partial charge in [-0.05, 0) is 29.2 Å². The van der Waals surface area contributed by atoms with E-state index in [9.17, 15) is 10.2 Å². The summed E-state index contributed by atoms with van der Waals surface area (Å²) in [7, 11) is 0. The van der Waals surface area contributed by atoms with Gasteiger partial charge >= 0.3 is 6.85 Å². The van der Waals surface area contributed by atoms with Gasteiger partial charge in [-0.25, -0.2) is 0 Å². The minimum Gasteiger partial charge on any atom is -0.264 e. The first-order valence-electron chi connectivity index (χ1n) is 5.94. The molecule has 0 aromatic carbocycles. The van der Waals surface area contributed by atoms with E-state index in [1.165, 1.54) is 0 Å². The van der Waals surface area contributed by atoms with Gasteiger partial charge in [0.05, 0.1) is 12.0 Å². The van der Waals surface area contributed by atoms with E-state index in [0.717, 1.165) is 18.4 Å². The molecular weight excluding hydrogens is 213 g/mol. The van der Waals surface area contributed by atoms with Crippen LogP contribution in [0.25, 0.3) is 0 Å². The maximum Gasteiger partial charge on any atom is 0.345 e. The Morgan fingerprint density at radius 1 is 1.59 bits per heavy atom. The Labute approximate surface area is 100 Å². The summed E-state index contributed by atoms with van der Waals surface area (Å²) in [5.74, 6) is 0.0494. The van der Waals surface area contributed by atoms with Crippen LogP contribution in [0.3, 0.4) is 0 Å². The molecule has 2 heterocycles. The molecule has 3 rings (SSSR count). The Balaban J connectivity index is 1.97. The largest absolute Gasteiger partial charge is 0.345 e. The van der Waals surface area contributed by atoms with E-state index in [4.69, 9.17) is 0 Å². The van der Waals surface area contributed by atoms with E-state index >= 15 is 0 Å². The zero-order valence-electron chi connectivity index (χ0n) is 9.41. The summed E-state index contributed by atoms with van der Waals surface area (Å²) in [6.45, 7) is -0.183. The molecule has 2 atom stereocenters. The average molecular weight is 225 g/mol. The van der Waals surface area contributed by atoms with Crippen molar-refractivity contribution in [1.82, 2.24) is 4.98 Å². The first-order valence-corrected chi connectivity index (χ1v) is 5.94. The number of aromatic nitrogens is 1. The molecule has 1 aliphatic heterocycles. The quantitative estimate of drug-likeness (QED) is 0.573. The molecule has 17 heavy (non-hydrogen) atoms. The highest BCUT2D eigenvalue weighted by atomic mass is 16.2. The molecule has 2 unspecified atom stereocenters. The molecule has 1 aliphatic carbocycles. The number of pyridine rings is 1. The monoisotopic (exact) mass is 225 g/mol. The summed E-state index contributed by atoms with van der Waals surface area (Å²) in [5.41, 5.74) is 1.07. The Morgan fingerprint density at radius 3 is 2.94 bits per heavy atom. The molecule has 1 spiro atoms. The molecule has 1 saturated heterocycles. The van der Waals surface area contributed by atoms with Crippen LogP contribution in [0.5, 0.6) is 0 Å². The molecule has 1 aromatic heterocycles. The number of hydrogen-bond donors (Lipinski definition) is 0. The second-order valence-electron chi connectivity index (χ2n) is 5.09. The number of hydrogen-bond acceptors (Lipinski definition) is 4. The van der Waals surface area contributed by atoms with E-state index in [1.807, 2.05) is 12.1 Å². The molecule has 2 fully saturated rings. The highest BCUT2D eigenvalue weighted by Gasteiger charge is 2.66. The lowest BCUT2D eigenvalue weighted by molar-refractivity contribution is 0.544. The number of nitrogens with zero attached hydrogens (tertiary/aromatic N) is 3. The van der Waals surface area contributed by atoms with Crippen molar-refractivity contribution in [3.8, 4) is 6.07 Å². The van der Waals surface area contributed by atoms with Crippen LogP contribution in [0.1, 0.15) is 24.3 Å². The van der Waals surface area contributed by atoms with Gasteiger partial charge in [-0.2, -0.15) is 10.2 Å². The molecule has 5 heteroatoms. The Kier molecular flexibility index (Phi) is 2.25. The van der Waals surface area contributed by atoms with Gasteiger partial charge in [0.25, 0.3) is 0 Å². The zero-order chi connectivity index (χ0) is 11.9. The summed E-state index contributed by atoms with van der Waals surface area (Å²) in [5, 5.41) is 12.5. The topological polar surface area (TPSA) is 66.1 Å². The van der Waals surface area contributed by atoms with Crippen molar-refractivity contribution >= 4 is 6.85 Å². The van der Waals surface area contributed by atoms with Crippen LogP contribution in [-0.2, 0) is 0 Å².